The molecule has 0 atom stereocenters. The van der Waals surface area contributed by atoms with Crippen LogP contribution >= 0.6 is 0 Å². The maximum absolute atomic E-state index is 12.2. The maximum atomic E-state index is 12.2. The number of anilines is 1. The number of hydrogen-bond donors (Lipinski definition) is 0. The minimum atomic E-state index is 0.127. The number of morpholine rings is 1. The lowest BCUT2D eigenvalue weighted by Gasteiger charge is -2.28. The summed E-state index contributed by atoms with van der Waals surface area (Å²) in [5.41, 5.74) is 2.12. The van der Waals surface area contributed by atoms with Crippen LogP contribution in [0.4, 0.5) is 5.69 Å². The highest BCUT2D eigenvalue weighted by atomic mass is 16.5. The van der Waals surface area contributed by atoms with E-state index in [0.29, 0.717) is 6.54 Å². The molecule has 0 aromatic heterocycles. The van der Waals surface area contributed by atoms with Gasteiger partial charge in [0, 0.05) is 25.8 Å². The normalized spacial score (nSPS) is 16.6. The van der Waals surface area contributed by atoms with Crippen LogP contribution in [0.1, 0.15) is 5.56 Å². The minimum absolute atomic E-state index is 0.127. The molecule has 1 aromatic carbocycles. The van der Waals surface area contributed by atoms with Crippen molar-refractivity contribution in [3.63, 3.8) is 0 Å². The quantitative estimate of drug-likeness (QED) is 0.808. The van der Waals surface area contributed by atoms with Crippen molar-refractivity contribution in [2.24, 2.45) is 0 Å². The second-order valence-electron chi connectivity index (χ2n) is 4.68. The molecule has 1 aromatic rings. The molecule has 98 valence electrons. The lowest BCUT2D eigenvalue weighted by molar-refractivity contribution is -0.120. The van der Waals surface area contributed by atoms with Crippen LogP contribution in [0.2, 0.25) is 0 Å². The van der Waals surface area contributed by atoms with Crippen molar-refractivity contribution < 1.29 is 9.53 Å². The fourth-order valence-corrected chi connectivity index (χ4v) is 2.04. The van der Waals surface area contributed by atoms with Gasteiger partial charge in [-0.1, -0.05) is 12.1 Å². The van der Waals surface area contributed by atoms with Gasteiger partial charge in [0.05, 0.1) is 19.8 Å². The highest BCUT2D eigenvalue weighted by molar-refractivity contribution is 5.94. The fraction of sp³-hybridized carbons (Fsp3) is 0.500. The van der Waals surface area contributed by atoms with Crippen molar-refractivity contribution in [2.75, 3.05) is 44.8 Å². The van der Waals surface area contributed by atoms with Gasteiger partial charge in [-0.05, 0) is 24.6 Å². The van der Waals surface area contributed by atoms with Gasteiger partial charge in [0.1, 0.15) is 0 Å². The van der Waals surface area contributed by atoms with Crippen LogP contribution in [-0.4, -0.2) is 50.7 Å². The number of rotatable bonds is 3. The molecule has 0 bridgehead atoms. The van der Waals surface area contributed by atoms with Gasteiger partial charge in [0.15, 0.2) is 0 Å². The third-order valence-corrected chi connectivity index (χ3v) is 3.23. The van der Waals surface area contributed by atoms with Gasteiger partial charge in [-0.25, -0.2) is 0 Å². The van der Waals surface area contributed by atoms with Crippen LogP contribution in [0, 0.1) is 6.92 Å². The van der Waals surface area contributed by atoms with Gasteiger partial charge >= 0.3 is 0 Å². The topological polar surface area (TPSA) is 32.8 Å². The lowest BCUT2D eigenvalue weighted by atomic mass is 10.2. The molecule has 18 heavy (non-hydrogen) atoms. The van der Waals surface area contributed by atoms with E-state index in [9.17, 15) is 4.79 Å². The van der Waals surface area contributed by atoms with E-state index in [4.69, 9.17) is 4.74 Å². The Morgan fingerprint density at radius 2 is 2.11 bits per heavy atom. The predicted molar refractivity (Wildman–Crippen MR) is 71.8 cm³/mol. The molecule has 4 heteroatoms. The number of carbonyl (C=O) groups is 1. The summed E-state index contributed by atoms with van der Waals surface area (Å²) in [7, 11) is 1.83. The summed E-state index contributed by atoms with van der Waals surface area (Å²) >= 11 is 0. The number of benzene rings is 1. The molecule has 1 aliphatic heterocycles. The molecule has 2 rings (SSSR count). The van der Waals surface area contributed by atoms with E-state index in [1.807, 2.05) is 38.2 Å². The van der Waals surface area contributed by atoms with Gasteiger partial charge < -0.3 is 9.64 Å². The van der Waals surface area contributed by atoms with Crippen LogP contribution in [0.25, 0.3) is 0 Å². The van der Waals surface area contributed by atoms with E-state index in [2.05, 4.69) is 4.90 Å². The first-order valence-electron chi connectivity index (χ1n) is 6.30. The summed E-state index contributed by atoms with van der Waals surface area (Å²) in [6.45, 7) is 5.63. The third-order valence-electron chi connectivity index (χ3n) is 3.23. The number of likely N-dealkylation sites (N-methyl/N-ethyl adjacent to an activating group) is 1. The first kappa shape index (κ1) is 13.1. The van der Waals surface area contributed by atoms with Crippen molar-refractivity contribution in [1.29, 1.82) is 0 Å². The Labute approximate surface area is 108 Å². The van der Waals surface area contributed by atoms with Gasteiger partial charge in [0.2, 0.25) is 5.91 Å². The number of amides is 1. The van der Waals surface area contributed by atoms with Crippen molar-refractivity contribution in [3.05, 3.63) is 29.8 Å². The Morgan fingerprint density at radius 1 is 1.39 bits per heavy atom. The van der Waals surface area contributed by atoms with E-state index in [-0.39, 0.29) is 5.91 Å². The number of ether oxygens (including phenoxy) is 1. The Morgan fingerprint density at radius 3 is 2.78 bits per heavy atom. The summed E-state index contributed by atoms with van der Waals surface area (Å²) in [5, 5.41) is 0. The smallest absolute Gasteiger partial charge is 0.240 e. The zero-order valence-electron chi connectivity index (χ0n) is 11.1. The first-order chi connectivity index (χ1) is 8.66. The monoisotopic (exact) mass is 248 g/mol. The Balaban J connectivity index is 1.95. The van der Waals surface area contributed by atoms with E-state index < -0.39 is 0 Å². The predicted octanol–water partition coefficient (Wildman–Crippen LogP) is 1.29. The molecular weight excluding hydrogens is 228 g/mol. The average molecular weight is 248 g/mol. The molecule has 0 spiro atoms. The Bertz CT molecular complexity index is 414. The van der Waals surface area contributed by atoms with Gasteiger partial charge in [-0.15, -0.1) is 0 Å². The number of carbonyl (C=O) groups excluding carboxylic acids is 1. The van der Waals surface area contributed by atoms with E-state index >= 15 is 0 Å². The van der Waals surface area contributed by atoms with E-state index in [1.54, 1.807) is 4.90 Å². The summed E-state index contributed by atoms with van der Waals surface area (Å²) in [6.07, 6.45) is 0. The number of nitrogens with zero attached hydrogens (tertiary/aromatic N) is 2. The molecule has 1 amide bonds. The van der Waals surface area contributed by atoms with Crippen LogP contribution < -0.4 is 4.90 Å². The number of aryl methyl sites for hydroxylation is 1. The van der Waals surface area contributed by atoms with Crippen LogP contribution in [0.15, 0.2) is 24.3 Å². The SMILES string of the molecule is Cc1cccc(N(C)C(=O)CN2CCOCC2)c1. The molecule has 0 aliphatic carbocycles. The van der Waals surface area contributed by atoms with Crippen LogP contribution in [0.3, 0.4) is 0 Å². The van der Waals surface area contributed by atoms with E-state index in [0.717, 1.165) is 32.0 Å². The molecular formula is C14H20N2O2. The first-order valence-corrected chi connectivity index (χ1v) is 6.30. The standard InChI is InChI=1S/C14H20N2O2/c1-12-4-3-5-13(10-12)15(2)14(17)11-16-6-8-18-9-7-16/h3-5,10H,6-9,11H2,1-2H3. The summed E-state index contributed by atoms with van der Waals surface area (Å²) in [5.74, 6) is 0.127. The van der Waals surface area contributed by atoms with Gasteiger partial charge in [-0.3, -0.25) is 9.69 Å². The fourth-order valence-electron chi connectivity index (χ4n) is 2.04. The highest BCUT2D eigenvalue weighted by Gasteiger charge is 2.17. The molecule has 4 nitrogen and oxygen atoms in total. The van der Waals surface area contributed by atoms with Gasteiger partial charge in [-0.2, -0.15) is 0 Å². The zero-order chi connectivity index (χ0) is 13.0. The average Bonchev–Trinajstić information content (AvgIpc) is 2.39. The van der Waals surface area contributed by atoms with Crippen LogP contribution in [-0.2, 0) is 9.53 Å². The highest BCUT2D eigenvalue weighted by Crippen LogP contribution is 2.14. The van der Waals surface area contributed by atoms with Gasteiger partial charge in [0.25, 0.3) is 0 Å². The maximum Gasteiger partial charge on any atom is 0.240 e. The van der Waals surface area contributed by atoms with Crippen molar-refractivity contribution in [1.82, 2.24) is 4.90 Å². The zero-order valence-corrected chi connectivity index (χ0v) is 11.1. The molecule has 1 saturated heterocycles. The molecule has 1 heterocycles. The number of hydrogen-bond acceptors (Lipinski definition) is 3. The molecule has 1 fully saturated rings. The molecule has 1 aliphatic rings. The molecule has 0 saturated carbocycles. The van der Waals surface area contributed by atoms with Crippen molar-refractivity contribution in [3.8, 4) is 0 Å². The largest absolute Gasteiger partial charge is 0.379 e. The summed E-state index contributed by atoms with van der Waals surface area (Å²) < 4.78 is 5.28. The Kier molecular flexibility index (Phi) is 4.33. The Hall–Kier alpha value is -1.39. The van der Waals surface area contributed by atoms with E-state index in [1.165, 1.54) is 5.56 Å². The third kappa shape index (κ3) is 3.31. The molecule has 0 N–H and O–H groups in total. The summed E-state index contributed by atoms with van der Waals surface area (Å²) in [4.78, 5) is 16.0. The second-order valence-corrected chi connectivity index (χ2v) is 4.68. The molecule has 0 radical (unpaired) electrons. The van der Waals surface area contributed by atoms with Crippen LogP contribution in [0.5, 0.6) is 0 Å². The van der Waals surface area contributed by atoms with Crippen molar-refractivity contribution in [2.45, 2.75) is 6.92 Å². The minimum Gasteiger partial charge on any atom is -0.379 e. The second kappa shape index (κ2) is 5.98. The lowest BCUT2D eigenvalue weighted by Crippen LogP contribution is -2.43. The molecule has 0 unspecified atom stereocenters. The van der Waals surface area contributed by atoms with Crippen molar-refractivity contribution >= 4 is 11.6 Å². The summed E-state index contributed by atoms with van der Waals surface area (Å²) in [6, 6.07) is 7.99.